The molecule has 2 aromatic rings. The summed E-state index contributed by atoms with van der Waals surface area (Å²) in [5, 5.41) is 9.25. The van der Waals surface area contributed by atoms with Gasteiger partial charge in [0.2, 0.25) is 0 Å². The number of carbonyl (C=O) groups excluding carboxylic acids is 1. The molecule has 6 nitrogen and oxygen atoms in total. The molecule has 0 radical (unpaired) electrons. The average molecular weight is 418 g/mol. The Bertz CT molecular complexity index is 890. The van der Waals surface area contributed by atoms with Crippen LogP contribution < -0.4 is 5.73 Å². The minimum Gasteiger partial charge on any atom is -0.473 e. The summed E-state index contributed by atoms with van der Waals surface area (Å²) in [6.07, 6.45) is 3.63. The molecule has 7 heteroatoms. The minimum absolute atomic E-state index is 0.181. The van der Waals surface area contributed by atoms with Gasteiger partial charge in [-0.3, -0.25) is 0 Å². The highest BCUT2D eigenvalue weighted by molar-refractivity contribution is 6.30. The van der Waals surface area contributed by atoms with Crippen molar-refractivity contribution in [2.24, 2.45) is 5.73 Å². The van der Waals surface area contributed by atoms with Crippen LogP contribution in [0.1, 0.15) is 43.3 Å². The lowest BCUT2D eigenvalue weighted by Crippen LogP contribution is -2.43. The van der Waals surface area contributed by atoms with Crippen molar-refractivity contribution >= 4 is 23.5 Å². The van der Waals surface area contributed by atoms with Crippen LogP contribution in [0.15, 0.2) is 40.8 Å². The van der Waals surface area contributed by atoms with Gasteiger partial charge in [-0.2, -0.15) is 0 Å². The Balaban J connectivity index is 1.73. The highest BCUT2D eigenvalue weighted by Crippen LogP contribution is 2.15. The molecule has 0 unspecified atom stereocenters. The van der Waals surface area contributed by atoms with Gasteiger partial charge in [0.15, 0.2) is 5.76 Å². The maximum absolute atomic E-state index is 11.0. The molecule has 154 valence electrons. The van der Waals surface area contributed by atoms with E-state index in [9.17, 15) is 9.59 Å². The van der Waals surface area contributed by atoms with Gasteiger partial charge in [0, 0.05) is 23.4 Å². The maximum atomic E-state index is 11.0. The van der Waals surface area contributed by atoms with Crippen molar-refractivity contribution in [2.45, 2.75) is 44.6 Å². The smallest absolute Gasteiger partial charge is 0.417 e. The van der Waals surface area contributed by atoms with Crippen molar-refractivity contribution in [2.75, 3.05) is 6.61 Å². The van der Waals surface area contributed by atoms with Crippen LogP contribution in [0.25, 0.3) is 0 Å². The maximum Gasteiger partial charge on any atom is 0.417 e. The van der Waals surface area contributed by atoms with Gasteiger partial charge in [-0.15, -0.1) is 0 Å². The van der Waals surface area contributed by atoms with Gasteiger partial charge >= 0.3 is 11.9 Å². The minimum atomic E-state index is -1.64. The van der Waals surface area contributed by atoms with E-state index in [2.05, 4.69) is 16.6 Å². The summed E-state index contributed by atoms with van der Waals surface area (Å²) in [7, 11) is 0. The number of rotatable bonds is 8. The standard InChI is InChI=1S/C22H24ClNO5/c1-22(24,15-28-21(27)20(25)26)14-13-19-12-11-18(29-19)6-4-2-3-5-16-7-9-17(23)10-8-16/h7-12H,2-3,5,13-15,24H2,1H3,(H,25,26)/t22-/m1/s1. The number of carboxylic acid groups (broad SMARTS) is 1. The number of esters is 1. The zero-order chi connectivity index (χ0) is 21.3. The van der Waals surface area contributed by atoms with E-state index in [1.54, 1.807) is 13.0 Å². The second kappa shape index (κ2) is 10.7. The number of aryl methyl sites for hydroxylation is 2. The number of hydrogen-bond acceptors (Lipinski definition) is 5. The number of hydrogen-bond donors (Lipinski definition) is 2. The Labute approximate surface area is 175 Å². The van der Waals surface area contributed by atoms with Crippen LogP contribution >= 0.6 is 11.6 Å². The van der Waals surface area contributed by atoms with Crippen LogP contribution in [0, 0.1) is 11.8 Å². The Morgan fingerprint density at radius 1 is 1.21 bits per heavy atom. The first-order valence-electron chi connectivity index (χ1n) is 9.26. The van der Waals surface area contributed by atoms with Crippen molar-refractivity contribution in [3.63, 3.8) is 0 Å². The van der Waals surface area contributed by atoms with E-state index in [1.165, 1.54) is 5.56 Å². The SMILES string of the molecule is C[C@@](N)(CCc1ccc(C#CCCCc2ccc(Cl)cc2)o1)COC(=O)C(=O)O. The summed E-state index contributed by atoms with van der Waals surface area (Å²) in [4.78, 5) is 21.5. The first-order valence-corrected chi connectivity index (χ1v) is 9.64. The fraction of sp³-hybridized carbons (Fsp3) is 0.364. The third-order valence-electron chi connectivity index (χ3n) is 4.20. The van der Waals surface area contributed by atoms with Gasteiger partial charge in [-0.25, -0.2) is 9.59 Å². The Morgan fingerprint density at radius 2 is 1.93 bits per heavy atom. The summed E-state index contributed by atoms with van der Waals surface area (Å²) in [5.41, 5.74) is 6.42. The first kappa shape index (κ1) is 22.5. The molecule has 0 spiro atoms. The summed E-state index contributed by atoms with van der Waals surface area (Å²) in [5.74, 6) is 4.47. The first-order chi connectivity index (χ1) is 13.7. The van der Waals surface area contributed by atoms with E-state index in [-0.39, 0.29) is 6.61 Å². The molecular weight excluding hydrogens is 394 g/mol. The fourth-order valence-corrected chi connectivity index (χ4v) is 2.66. The van der Waals surface area contributed by atoms with E-state index in [4.69, 9.17) is 26.9 Å². The normalized spacial score (nSPS) is 12.5. The predicted octanol–water partition coefficient (Wildman–Crippen LogP) is 3.59. The van der Waals surface area contributed by atoms with Gasteiger partial charge in [-0.1, -0.05) is 29.7 Å². The third kappa shape index (κ3) is 8.43. The van der Waals surface area contributed by atoms with Gasteiger partial charge in [-0.05, 0) is 61.9 Å². The topological polar surface area (TPSA) is 103 Å². The van der Waals surface area contributed by atoms with Crippen molar-refractivity contribution < 1.29 is 23.8 Å². The molecule has 1 aromatic carbocycles. The summed E-state index contributed by atoms with van der Waals surface area (Å²) >= 11 is 5.87. The second-order valence-corrected chi connectivity index (χ2v) is 7.52. The molecular formula is C22H24ClNO5. The number of carbonyl (C=O) groups is 2. The molecule has 2 rings (SSSR count). The molecule has 1 aromatic heterocycles. The lowest BCUT2D eigenvalue weighted by Gasteiger charge is -2.23. The highest BCUT2D eigenvalue weighted by Gasteiger charge is 2.23. The molecule has 0 aliphatic rings. The molecule has 29 heavy (non-hydrogen) atoms. The van der Waals surface area contributed by atoms with Crippen LogP contribution in [0.3, 0.4) is 0 Å². The zero-order valence-electron chi connectivity index (χ0n) is 16.2. The average Bonchev–Trinajstić information content (AvgIpc) is 3.14. The molecule has 0 bridgehead atoms. The second-order valence-electron chi connectivity index (χ2n) is 7.08. The largest absolute Gasteiger partial charge is 0.473 e. The Hall–Kier alpha value is -2.75. The Kier molecular flexibility index (Phi) is 8.32. The molecule has 0 amide bonds. The number of furan rings is 1. The van der Waals surface area contributed by atoms with E-state index in [0.29, 0.717) is 18.6 Å². The van der Waals surface area contributed by atoms with Crippen LogP contribution in [0.5, 0.6) is 0 Å². The third-order valence-corrected chi connectivity index (χ3v) is 4.46. The number of carboxylic acids is 1. The lowest BCUT2D eigenvalue weighted by atomic mass is 9.97. The van der Waals surface area contributed by atoms with E-state index in [0.717, 1.165) is 30.0 Å². The number of nitrogens with two attached hydrogens (primary N) is 1. The molecule has 3 N–H and O–H groups in total. The lowest BCUT2D eigenvalue weighted by molar-refractivity contribution is -0.164. The Morgan fingerprint density at radius 3 is 2.62 bits per heavy atom. The monoisotopic (exact) mass is 417 g/mol. The molecule has 0 saturated carbocycles. The highest BCUT2D eigenvalue weighted by atomic mass is 35.5. The zero-order valence-corrected chi connectivity index (χ0v) is 17.0. The van der Waals surface area contributed by atoms with Crippen molar-refractivity contribution in [1.29, 1.82) is 0 Å². The van der Waals surface area contributed by atoms with E-state index < -0.39 is 17.5 Å². The van der Waals surface area contributed by atoms with Crippen LogP contribution in [0.4, 0.5) is 0 Å². The molecule has 0 aliphatic carbocycles. The summed E-state index contributed by atoms with van der Waals surface area (Å²) in [6.45, 7) is 1.51. The number of ether oxygens (including phenoxy) is 1. The number of aliphatic carboxylic acids is 1. The van der Waals surface area contributed by atoms with Gasteiger partial charge in [0.05, 0.1) is 0 Å². The molecule has 0 aliphatic heterocycles. The van der Waals surface area contributed by atoms with Crippen LogP contribution in [0.2, 0.25) is 5.02 Å². The van der Waals surface area contributed by atoms with Crippen molar-refractivity contribution in [3.8, 4) is 11.8 Å². The summed E-state index contributed by atoms with van der Waals surface area (Å²) < 4.78 is 10.3. The predicted molar refractivity (Wildman–Crippen MR) is 109 cm³/mol. The van der Waals surface area contributed by atoms with Crippen LogP contribution in [-0.2, 0) is 27.2 Å². The van der Waals surface area contributed by atoms with Gasteiger partial charge < -0.3 is 20.0 Å². The van der Waals surface area contributed by atoms with Crippen molar-refractivity contribution in [1.82, 2.24) is 0 Å². The quantitative estimate of drug-likeness (QED) is 0.294. The number of benzene rings is 1. The molecule has 1 heterocycles. The number of halogens is 1. The van der Waals surface area contributed by atoms with E-state index >= 15 is 0 Å². The number of unbranched alkanes of at least 4 members (excludes halogenated alkanes) is 1. The van der Waals surface area contributed by atoms with Crippen molar-refractivity contribution in [3.05, 3.63) is 58.5 Å². The molecule has 0 saturated heterocycles. The van der Waals surface area contributed by atoms with Gasteiger partial charge in [0.1, 0.15) is 12.4 Å². The summed E-state index contributed by atoms with van der Waals surface area (Å²) in [6, 6.07) is 11.4. The fourth-order valence-electron chi connectivity index (χ4n) is 2.53. The molecule has 0 fully saturated rings. The van der Waals surface area contributed by atoms with E-state index in [1.807, 2.05) is 30.3 Å². The van der Waals surface area contributed by atoms with Crippen LogP contribution in [-0.4, -0.2) is 29.2 Å². The molecule has 1 atom stereocenters. The van der Waals surface area contributed by atoms with Gasteiger partial charge in [0.25, 0.3) is 0 Å².